The van der Waals surface area contributed by atoms with E-state index < -0.39 is 17.1 Å². The Morgan fingerprint density at radius 3 is 2.00 bits per heavy atom. The Labute approximate surface area is 59.5 Å². The van der Waals surface area contributed by atoms with Crippen molar-refractivity contribution >= 4 is 0 Å². The second-order valence-corrected chi connectivity index (χ2v) is 1.80. The van der Waals surface area contributed by atoms with E-state index in [-0.39, 0.29) is 6.67 Å². The van der Waals surface area contributed by atoms with Crippen LogP contribution in [0.2, 0.25) is 0 Å². The molecule has 0 aromatic carbocycles. The van der Waals surface area contributed by atoms with Crippen LogP contribution in [-0.2, 0) is 6.67 Å². The van der Waals surface area contributed by atoms with Gasteiger partial charge in [-0.05, 0) is 0 Å². The predicted molar refractivity (Wildman–Crippen MR) is 36.1 cm³/mol. The summed E-state index contributed by atoms with van der Waals surface area (Å²) in [6.45, 7) is -0.259. The number of hydrogen-bond donors (Lipinski definition) is 3. The van der Waals surface area contributed by atoms with Gasteiger partial charge in [-0.2, -0.15) is 0 Å². The van der Waals surface area contributed by atoms with Crippen molar-refractivity contribution in [2.75, 3.05) is 0 Å². The topological polar surface area (TPSA) is 114 Å². The fourth-order valence-corrected chi connectivity index (χ4v) is 0.619. The maximum atomic E-state index is 10.7. The molecule has 11 heavy (non-hydrogen) atoms. The monoisotopic (exact) mass is 158 g/mol. The van der Waals surface area contributed by atoms with Crippen LogP contribution < -0.4 is 22.8 Å². The smallest absolute Gasteiger partial charge is 0.313 e. The van der Waals surface area contributed by atoms with E-state index in [9.17, 15) is 14.4 Å². The number of nitrogens with one attached hydrogen (secondary N) is 2. The van der Waals surface area contributed by atoms with E-state index in [1.807, 2.05) is 9.97 Å². The number of nitrogens with two attached hydrogens (primary N) is 1. The van der Waals surface area contributed by atoms with Crippen LogP contribution in [0.25, 0.3) is 0 Å². The van der Waals surface area contributed by atoms with E-state index >= 15 is 0 Å². The van der Waals surface area contributed by atoms with Crippen LogP contribution in [0, 0.1) is 0 Å². The average Bonchev–Trinajstić information content (AvgIpc) is 1.85. The highest BCUT2D eigenvalue weighted by atomic mass is 16.2. The molecule has 60 valence electrons. The molecule has 0 bridgehead atoms. The highest BCUT2D eigenvalue weighted by molar-refractivity contribution is 4.67. The van der Waals surface area contributed by atoms with Gasteiger partial charge in [0.05, 0.1) is 6.67 Å². The fourth-order valence-electron chi connectivity index (χ4n) is 0.619. The van der Waals surface area contributed by atoms with Gasteiger partial charge in [0.1, 0.15) is 0 Å². The summed E-state index contributed by atoms with van der Waals surface area (Å²) in [5, 5.41) is 0. The Morgan fingerprint density at radius 2 is 1.64 bits per heavy atom. The molecule has 1 aromatic rings. The minimum Gasteiger partial charge on any atom is -0.313 e. The number of aromatic nitrogens is 3. The molecule has 7 heteroatoms. The first-order valence-corrected chi connectivity index (χ1v) is 2.78. The van der Waals surface area contributed by atoms with Gasteiger partial charge in [-0.3, -0.25) is 9.97 Å². The summed E-state index contributed by atoms with van der Waals surface area (Å²) in [6, 6.07) is 0. The van der Waals surface area contributed by atoms with Gasteiger partial charge in [-0.1, -0.05) is 0 Å². The standard InChI is InChI=1S/C4H6N4O3/c5-1-8-3(10)6-2(9)7-4(8)11/h1,5H2,(H2,6,7,9,10,11). The molecule has 0 unspecified atom stereocenters. The van der Waals surface area contributed by atoms with Crippen LogP contribution >= 0.6 is 0 Å². The Balaban J connectivity index is 3.63. The first kappa shape index (κ1) is 7.48. The largest absolute Gasteiger partial charge is 0.334 e. The average molecular weight is 158 g/mol. The molecule has 0 aliphatic heterocycles. The summed E-state index contributed by atoms with van der Waals surface area (Å²) in [5.41, 5.74) is 2.58. The number of hydrogen-bond acceptors (Lipinski definition) is 4. The van der Waals surface area contributed by atoms with Crippen molar-refractivity contribution in [2.45, 2.75) is 6.67 Å². The van der Waals surface area contributed by atoms with Crippen molar-refractivity contribution in [1.29, 1.82) is 0 Å². The van der Waals surface area contributed by atoms with Gasteiger partial charge >= 0.3 is 17.1 Å². The number of aromatic amines is 2. The van der Waals surface area contributed by atoms with Gasteiger partial charge in [0.25, 0.3) is 0 Å². The summed E-state index contributed by atoms with van der Waals surface area (Å²) in [5.74, 6) is 0. The Hall–Kier alpha value is -1.63. The third kappa shape index (κ3) is 1.27. The molecule has 0 atom stereocenters. The molecule has 0 amide bonds. The minimum atomic E-state index is -0.829. The zero-order chi connectivity index (χ0) is 8.43. The van der Waals surface area contributed by atoms with E-state index in [2.05, 4.69) is 0 Å². The third-order valence-electron chi connectivity index (χ3n) is 1.11. The van der Waals surface area contributed by atoms with Crippen LogP contribution in [0.1, 0.15) is 0 Å². The lowest BCUT2D eigenvalue weighted by Gasteiger charge is -1.94. The molecule has 0 fully saturated rings. The Kier molecular flexibility index (Phi) is 1.73. The molecule has 0 aliphatic carbocycles. The second-order valence-electron chi connectivity index (χ2n) is 1.80. The molecular weight excluding hydrogens is 152 g/mol. The van der Waals surface area contributed by atoms with Crippen LogP contribution in [0.15, 0.2) is 14.4 Å². The molecule has 1 rings (SSSR count). The number of rotatable bonds is 1. The summed E-state index contributed by atoms with van der Waals surface area (Å²) >= 11 is 0. The normalized spacial score (nSPS) is 9.91. The van der Waals surface area contributed by atoms with Gasteiger partial charge in [0.15, 0.2) is 0 Å². The van der Waals surface area contributed by atoms with Gasteiger partial charge in [-0.15, -0.1) is 0 Å². The second kappa shape index (κ2) is 2.54. The SMILES string of the molecule is NCn1c(=O)[nH]c(=O)[nH]c1=O. The Bertz CT molecular complexity index is 376. The summed E-state index contributed by atoms with van der Waals surface area (Å²) in [4.78, 5) is 35.5. The molecule has 0 saturated heterocycles. The molecular formula is C4H6N4O3. The molecule has 0 aliphatic rings. The molecule has 1 aromatic heterocycles. The van der Waals surface area contributed by atoms with E-state index in [1.165, 1.54) is 0 Å². The first-order valence-electron chi connectivity index (χ1n) is 2.78. The number of H-pyrrole nitrogens is 2. The summed E-state index contributed by atoms with van der Waals surface area (Å²) < 4.78 is 0.668. The van der Waals surface area contributed by atoms with E-state index in [4.69, 9.17) is 5.73 Å². The predicted octanol–water partition coefficient (Wildman–Crippen LogP) is -2.86. The van der Waals surface area contributed by atoms with Gasteiger partial charge in [-0.25, -0.2) is 19.0 Å². The molecule has 7 nitrogen and oxygen atoms in total. The maximum Gasteiger partial charge on any atom is 0.334 e. The van der Waals surface area contributed by atoms with Crippen molar-refractivity contribution < 1.29 is 0 Å². The summed E-state index contributed by atoms with van der Waals surface area (Å²) in [6.07, 6.45) is 0. The van der Waals surface area contributed by atoms with E-state index in [0.717, 1.165) is 0 Å². The van der Waals surface area contributed by atoms with Gasteiger partial charge in [0, 0.05) is 0 Å². The van der Waals surface area contributed by atoms with Crippen LogP contribution in [-0.4, -0.2) is 14.5 Å². The van der Waals surface area contributed by atoms with Crippen LogP contribution in [0.3, 0.4) is 0 Å². The van der Waals surface area contributed by atoms with E-state index in [1.54, 1.807) is 0 Å². The number of nitrogens with zero attached hydrogens (tertiary/aromatic N) is 1. The molecule has 0 spiro atoms. The van der Waals surface area contributed by atoms with E-state index in [0.29, 0.717) is 4.57 Å². The van der Waals surface area contributed by atoms with Crippen molar-refractivity contribution in [3.05, 3.63) is 31.5 Å². The zero-order valence-electron chi connectivity index (χ0n) is 5.46. The Morgan fingerprint density at radius 1 is 1.18 bits per heavy atom. The van der Waals surface area contributed by atoms with Gasteiger partial charge in [0.2, 0.25) is 0 Å². The molecule has 0 saturated carbocycles. The lowest BCUT2D eigenvalue weighted by Crippen LogP contribution is -2.44. The fraction of sp³-hybridized carbons (Fsp3) is 0.250. The molecule has 1 heterocycles. The first-order chi connectivity index (χ1) is 5.15. The highest BCUT2D eigenvalue weighted by Crippen LogP contribution is 1.51. The molecule has 4 N–H and O–H groups in total. The van der Waals surface area contributed by atoms with Crippen LogP contribution in [0.4, 0.5) is 0 Å². The maximum absolute atomic E-state index is 10.7. The zero-order valence-corrected chi connectivity index (χ0v) is 5.46. The van der Waals surface area contributed by atoms with Crippen molar-refractivity contribution in [2.24, 2.45) is 5.73 Å². The quantitative estimate of drug-likeness (QED) is 0.408. The van der Waals surface area contributed by atoms with Crippen molar-refractivity contribution in [3.8, 4) is 0 Å². The lowest BCUT2D eigenvalue weighted by molar-refractivity contribution is 0.615. The lowest BCUT2D eigenvalue weighted by atomic mass is 10.9. The van der Waals surface area contributed by atoms with Crippen molar-refractivity contribution in [3.63, 3.8) is 0 Å². The third-order valence-corrected chi connectivity index (χ3v) is 1.11. The van der Waals surface area contributed by atoms with Crippen molar-refractivity contribution in [1.82, 2.24) is 14.5 Å². The highest BCUT2D eigenvalue weighted by Gasteiger charge is 1.97. The summed E-state index contributed by atoms with van der Waals surface area (Å²) in [7, 11) is 0. The van der Waals surface area contributed by atoms with Crippen LogP contribution in [0.5, 0.6) is 0 Å². The molecule has 0 radical (unpaired) electrons. The van der Waals surface area contributed by atoms with Gasteiger partial charge < -0.3 is 5.73 Å². The minimum absolute atomic E-state index is 0.259.